The van der Waals surface area contributed by atoms with Gasteiger partial charge in [-0.2, -0.15) is 0 Å². The average Bonchev–Trinajstić information content (AvgIpc) is 3.12. The number of hydrogen-bond donors (Lipinski definition) is 0. The van der Waals surface area contributed by atoms with Crippen LogP contribution in [0.15, 0.2) is 97.1 Å². The molecule has 0 atom stereocenters. The first kappa shape index (κ1) is 18.4. The summed E-state index contributed by atoms with van der Waals surface area (Å²) in [6.07, 6.45) is 2.24. The molecule has 31 heavy (non-hydrogen) atoms. The lowest BCUT2D eigenvalue weighted by atomic mass is 9.73. The zero-order valence-electron chi connectivity index (χ0n) is 18.2. The van der Waals surface area contributed by atoms with Crippen molar-refractivity contribution >= 4 is 21.5 Å². The number of rotatable bonds is 3. The van der Waals surface area contributed by atoms with Crippen LogP contribution in [-0.2, 0) is 5.41 Å². The summed E-state index contributed by atoms with van der Waals surface area (Å²) >= 11 is 0. The Morgan fingerprint density at radius 1 is 0.548 bits per heavy atom. The van der Waals surface area contributed by atoms with E-state index in [2.05, 4.69) is 111 Å². The Hall–Kier alpha value is -3.38. The van der Waals surface area contributed by atoms with Gasteiger partial charge < -0.3 is 0 Å². The summed E-state index contributed by atoms with van der Waals surface area (Å²) in [5.41, 5.74) is 8.59. The van der Waals surface area contributed by atoms with Gasteiger partial charge in [-0.05, 0) is 79.9 Å². The average molecular weight is 399 g/mol. The molecule has 0 spiro atoms. The van der Waals surface area contributed by atoms with Crippen LogP contribution in [0.4, 0.5) is 0 Å². The molecule has 5 aromatic carbocycles. The molecular formula is C31H26. The summed E-state index contributed by atoms with van der Waals surface area (Å²) in [7, 11) is 0. The summed E-state index contributed by atoms with van der Waals surface area (Å²) < 4.78 is 0. The molecule has 150 valence electrons. The summed E-state index contributed by atoms with van der Waals surface area (Å²) in [6.45, 7) is 4.69. The van der Waals surface area contributed by atoms with Crippen LogP contribution in [-0.4, -0.2) is 0 Å². The fraction of sp³-hybridized carbons (Fsp3) is 0.161. The molecule has 0 heterocycles. The fourth-order valence-corrected chi connectivity index (χ4v) is 5.95. The maximum atomic E-state index is 2.50. The molecule has 0 fully saturated rings. The minimum Gasteiger partial charge on any atom is -0.0642 e. The van der Waals surface area contributed by atoms with Gasteiger partial charge in [-0.15, -0.1) is 0 Å². The predicted octanol–water partition coefficient (Wildman–Crippen LogP) is 8.75. The van der Waals surface area contributed by atoms with Crippen molar-refractivity contribution in [2.24, 2.45) is 0 Å². The van der Waals surface area contributed by atoms with Gasteiger partial charge in [0.15, 0.2) is 0 Å². The van der Waals surface area contributed by atoms with E-state index in [-0.39, 0.29) is 5.41 Å². The van der Waals surface area contributed by atoms with Crippen LogP contribution >= 0.6 is 0 Å². The first-order valence-electron chi connectivity index (χ1n) is 11.4. The molecule has 0 aromatic heterocycles. The van der Waals surface area contributed by atoms with Gasteiger partial charge in [0.2, 0.25) is 0 Å². The topological polar surface area (TPSA) is 0 Å². The van der Waals surface area contributed by atoms with E-state index in [1.807, 2.05) is 0 Å². The highest BCUT2D eigenvalue weighted by Gasteiger charge is 2.40. The molecule has 5 aromatic rings. The molecule has 0 saturated carbocycles. The second-order valence-corrected chi connectivity index (χ2v) is 8.79. The van der Waals surface area contributed by atoms with Crippen molar-refractivity contribution in [3.63, 3.8) is 0 Å². The van der Waals surface area contributed by atoms with Crippen LogP contribution in [0.3, 0.4) is 0 Å². The Morgan fingerprint density at radius 2 is 1.13 bits per heavy atom. The number of benzene rings is 5. The summed E-state index contributed by atoms with van der Waals surface area (Å²) in [5, 5.41) is 5.26. The van der Waals surface area contributed by atoms with E-state index in [0.717, 1.165) is 12.8 Å². The summed E-state index contributed by atoms with van der Waals surface area (Å²) in [6, 6.07) is 36.1. The van der Waals surface area contributed by atoms with Gasteiger partial charge in [0.1, 0.15) is 0 Å². The molecular weight excluding hydrogens is 372 g/mol. The van der Waals surface area contributed by atoms with Gasteiger partial charge in [-0.3, -0.25) is 0 Å². The van der Waals surface area contributed by atoms with Crippen molar-refractivity contribution in [1.82, 2.24) is 0 Å². The zero-order valence-corrected chi connectivity index (χ0v) is 18.2. The van der Waals surface area contributed by atoms with E-state index in [4.69, 9.17) is 0 Å². The van der Waals surface area contributed by atoms with Crippen molar-refractivity contribution in [3.05, 3.63) is 108 Å². The maximum Gasteiger partial charge on any atom is 0.0210 e. The molecule has 0 N–H and O–H groups in total. The Balaban J connectivity index is 1.70. The standard InChI is InChI=1S/C31H26/c1-3-31(4-2)28-16-10-9-15-26(28)27-18-17-23(20-29(27)31)30-24-13-7-5-11-21(24)19-22-12-6-8-14-25(22)30/h5-20H,3-4H2,1-2H3. The van der Waals surface area contributed by atoms with Crippen molar-refractivity contribution in [3.8, 4) is 22.3 Å². The smallest absolute Gasteiger partial charge is 0.0210 e. The quantitative estimate of drug-likeness (QED) is 0.266. The first-order chi connectivity index (χ1) is 15.3. The molecule has 0 amide bonds. The van der Waals surface area contributed by atoms with Crippen molar-refractivity contribution in [1.29, 1.82) is 0 Å². The van der Waals surface area contributed by atoms with E-state index in [0.29, 0.717) is 0 Å². The largest absolute Gasteiger partial charge is 0.0642 e. The van der Waals surface area contributed by atoms with E-state index in [1.165, 1.54) is 54.9 Å². The third-order valence-electron chi connectivity index (χ3n) is 7.53. The van der Waals surface area contributed by atoms with Crippen molar-refractivity contribution in [2.45, 2.75) is 32.1 Å². The highest BCUT2D eigenvalue weighted by Crippen LogP contribution is 2.53. The Kier molecular flexibility index (Phi) is 4.05. The fourth-order valence-electron chi connectivity index (χ4n) is 5.95. The van der Waals surface area contributed by atoms with E-state index in [9.17, 15) is 0 Å². The van der Waals surface area contributed by atoms with Gasteiger partial charge in [0.25, 0.3) is 0 Å². The molecule has 0 aliphatic heterocycles. The lowest BCUT2D eigenvalue weighted by Crippen LogP contribution is -2.23. The normalized spacial score (nSPS) is 14.0. The molecule has 1 aliphatic carbocycles. The third-order valence-corrected chi connectivity index (χ3v) is 7.53. The minimum absolute atomic E-state index is 0.0995. The van der Waals surface area contributed by atoms with Gasteiger partial charge in [-0.25, -0.2) is 0 Å². The van der Waals surface area contributed by atoms with Crippen molar-refractivity contribution in [2.75, 3.05) is 0 Å². The number of fused-ring (bicyclic) bond motifs is 5. The molecule has 0 radical (unpaired) electrons. The minimum atomic E-state index is 0.0995. The SMILES string of the molecule is CCC1(CC)c2ccccc2-c2ccc(-c3c4ccccc4cc4ccccc34)cc21. The van der Waals surface area contributed by atoms with Crippen LogP contribution in [0.1, 0.15) is 37.8 Å². The molecule has 0 saturated heterocycles. The van der Waals surface area contributed by atoms with Gasteiger partial charge in [0, 0.05) is 5.41 Å². The Morgan fingerprint density at radius 3 is 1.81 bits per heavy atom. The zero-order chi connectivity index (χ0) is 21.0. The van der Waals surface area contributed by atoms with Crippen LogP contribution in [0.5, 0.6) is 0 Å². The third kappa shape index (κ3) is 2.48. The Bertz CT molecular complexity index is 1400. The van der Waals surface area contributed by atoms with Crippen molar-refractivity contribution < 1.29 is 0 Å². The summed E-state index contributed by atoms with van der Waals surface area (Å²) in [4.78, 5) is 0. The molecule has 1 aliphatic rings. The molecule has 6 rings (SSSR count). The second-order valence-electron chi connectivity index (χ2n) is 8.79. The summed E-state index contributed by atoms with van der Waals surface area (Å²) in [5.74, 6) is 0. The van der Waals surface area contributed by atoms with Gasteiger partial charge in [0.05, 0.1) is 0 Å². The van der Waals surface area contributed by atoms with E-state index in [1.54, 1.807) is 0 Å². The van der Waals surface area contributed by atoms with Gasteiger partial charge >= 0.3 is 0 Å². The monoisotopic (exact) mass is 398 g/mol. The highest BCUT2D eigenvalue weighted by atomic mass is 14.4. The lowest BCUT2D eigenvalue weighted by Gasteiger charge is -2.30. The highest BCUT2D eigenvalue weighted by molar-refractivity contribution is 6.12. The predicted molar refractivity (Wildman–Crippen MR) is 134 cm³/mol. The van der Waals surface area contributed by atoms with E-state index >= 15 is 0 Å². The van der Waals surface area contributed by atoms with Gasteiger partial charge in [-0.1, -0.05) is 98.8 Å². The van der Waals surface area contributed by atoms with E-state index < -0.39 is 0 Å². The maximum absolute atomic E-state index is 2.50. The molecule has 0 bridgehead atoms. The van der Waals surface area contributed by atoms with Crippen LogP contribution in [0.25, 0.3) is 43.8 Å². The lowest BCUT2D eigenvalue weighted by molar-refractivity contribution is 0.490. The molecule has 0 nitrogen and oxygen atoms in total. The first-order valence-corrected chi connectivity index (χ1v) is 11.4. The molecule has 0 heteroatoms. The molecule has 0 unspecified atom stereocenters. The van der Waals surface area contributed by atoms with Crippen LogP contribution in [0, 0.1) is 0 Å². The number of hydrogen-bond acceptors (Lipinski definition) is 0. The second kappa shape index (κ2) is 6.82. The van der Waals surface area contributed by atoms with Crippen LogP contribution < -0.4 is 0 Å². The van der Waals surface area contributed by atoms with Crippen LogP contribution in [0.2, 0.25) is 0 Å². The Labute approximate surface area is 184 Å².